The van der Waals surface area contributed by atoms with Crippen LogP contribution in [0.25, 0.3) is 0 Å². The van der Waals surface area contributed by atoms with E-state index in [1.165, 1.54) is 0 Å². The van der Waals surface area contributed by atoms with Gasteiger partial charge in [-0.3, -0.25) is 4.79 Å². The highest BCUT2D eigenvalue weighted by molar-refractivity contribution is 5.94. The molecule has 2 aromatic rings. The summed E-state index contributed by atoms with van der Waals surface area (Å²) in [6.45, 7) is 1.80. The first-order chi connectivity index (χ1) is 11.3. The second-order valence-electron chi connectivity index (χ2n) is 5.86. The predicted octanol–water partition coefficient (Wildman–Crippen LogP) is 1.27. The lowest BCUT2D eigenvalue weighted by molar-refractivity contribution is -0.0605. The summed E-state index contributed by atoms with van der Waals surface area (Å²) in [4.78, 5) is 14.6. The number of nitrogens with zero attached hydrogens (tertiary/aromatic N) is 4. The van der Waals surface area contributed by atoms with E-state index < -0.39 is 0 Å². The molecule has 2 atom stereocenters. The van der Waals surface area contributed by atoms with Crippen LogP contribution in [0.3, 0.4) is 0 Å². The van der Waals surface area contributed by atoms with E-state index in [1.54, 1.807) is 19.4 Å². The molecule has 7 nitrogen and oxygen atoms in total. The maximum atomic E-state index is 12.8. The van der Waals surface area contributed by atoms with Crippen LogP contribution in [0.5, 0.6) is 5.75 Å². The molecule has 4 rings (SSSR count). The average Bonchev–Trinajstić information content (AvgIpc) is 3.10. The third kappa shape index (κ3) is 2.46. The lowest BCUT2D eigenvalue weighted by atomic mass is 9.99. The van der Waals surface area contributed by atoms with E-state index in [9.17, 15) is 4.79 Å². The fourth-order valence-corrected chi connectivity index (χ4v) is 3.30. The van der Waals surface area contributed by atoms with Crippen LogP contribution in [0, 0.1) is 0 Å². The van der Waals surface area contributed by atoms with Crippen molar-refractivity contribution in [2.75, 3.05) is 20.2 Å². The number of amides is 1. The molecular formula is C16H18N4O3. The maximum Gasteiger partial charge on any atom is 0.254 e. The number of hydrogen-bond donors (Lipinski definition) is 0. The summed E-state index contributed by atoms with van der Waals surface area (Å²) in [5.74, 6) is 0.694. The summed E-state index contributed by atoms with van der Waals surface area (Å²) in [6, 6.07) is 7.28. The predicted molar refractivity (Wildman–Crippen MR) is 81.2 cm³/mol. The SMILES string of the molecule is COc1cccc(C(=O)N2CC[C@@H]3OCc4cnnn4[C@@H]3C2)c1. The van der Waals surface area contributed by atoms with Crippen molar-refractivity contribution >= 4 is 5.91 Å². The number of ether oxygens (including phenoxy) is 2. The Bertz CT molecular complexity index is 730. The van der Waals surface area contributed by atoms with E-state index in [1.807, 2.05) is 27.8 Å². The molecule has 0 N–H and O–H groups in total. The van der Waals surface area contributed by atoms with Gasteiger partial charge in [0.15, 0.2) is 0 Å². The lowest BCUT2D eigenvalue weighted by Crippen LogP contribution is -2.49. The zero-order chi connectivity index (χ0) is 15.8. The fraction of sp³-hybridized carbons (Fsp3) is 0.438. The minimum atomic E-state index is 0.00888. The van der Waals surface area contributed by atoms with Gasteiger partial charge in [-0.15, -0.1) is 5.10 Å². The second kappa shape index (κ2) is 5.66. The van der Waals surface area contributed by atoms with Gasteiger partial charge in [-0.25, -0.2) is 4.68 Å². The number of methoxy groups -OCH3 is 1. The smallest absolute Gasteiger partial charge is 0.254 e. The topological polar surface area (TPSA) is 69.5 Å². The van der Waals surface area contributed by atoms with E-state index in [4.69, 9.17) is 9.47 Å². The third-order valence-electron chi connectivity index (χ3n) is 4.53. The Labute approximate surface area is 133 Å². The molecule has 0 aliphatic carbocycles. The molecule has 7 heteroatoms. The molecule has 23 heavy (non-hydrogen) atoms. The molecule has 0 unspecified atom stereocenters. The minimum Gasteiger partial charge on any atom is -0.497 e. The number of piperidine rings is 1. The van der Waals surface area contributed by atoms with Crippen molar-refractivity contribution in [2.45, 2.75) is 25.2 Å². The van der Waals surface area contributed by atoms with Crippen molar-refractivity contribution in [1.29, 1.82) is 0 Å². The highest BCUT2D eigenvalue weighted by Crippen LogP contribution is 2.30. The van der Waals surface area contributed by atoms with Gasteiger partial charge in [-0.05, 0) is 24.6 Å². The molecule has 0 radical (unpaired) electrons. The molecule has 2 aliphatic rings. The molecular weight excluding hydrogens is 296 g/mol. The highest BCUT2D eigenvalue weighted by Gasteiger charge is 2.38. The van der Waals surface area contributed by atoms with Crippen LogP contribution < -0.4 is 4.74 Å². The number of fused-ring (bicyclic) bond motifs is 3. The summed E-state index contributed by atoms with van der Waals surface area (Å²) in [5.41, 5.74) is 1.60. The number of benzene rings is 1. The van der Waals surface area contributed by atoms with Crippen molar-refractivity contribution in [2.24, 2.45) is 0 Å². The van der Waals surface area contributed by atoms with Crippen LogP contribution in [0.2, 0.25) is 0 Å². The number of carbonyl (C=O) groups excluding carboxylic acids is 1. The van der Waals surface area contributed by atoms with Gasteiger partial charge >= 0.3 is 0 Å². The van der Waals surface area contributed by atoms with E-state index in [2.05, 4.69) is 10.3 Å². The molecule has 1 saturated heterocycles. The Morgan fingerprint density at radius 2 is 2.35 bits per heavy atom. The first kappa shape index (κ1) is 14.2. The van der Waals surface area contributed by atoms with Crippen molar-refractivity contribution in [1.82, 2.24) is 19.9 Å². The average molecular weight is 314 g/mol. The van der Waals surface area contributed by atoms with Crippen molar-refractivity contribution < 1.29 is 14.3 Å². The normalized spacial score (nSPS) is 23.1. The number of likely N-dealkylation sites (tertiary alicyclic amines) is 1. The van der Waals surface area contributed by atoms with Gasteiger partial charge in [-0.1, -0.05) is 11.3 Å². The van der Waals surface area contributed by atoms with Crippen LogP contribution in [-0.2, 0) is 11.3 Å². The Balaban J connectivity index is 1.56. The van der Waals surface area contributed by atoms with Gasteiger partial charge in [-0.2, -0.15) is 0 Å². The largest absolute Gasteiger partial charge is 0.497 e. The molecule has 2 aliphatic heterocycles. The summed E-state index contributed by atoms with van der Waals surface area (Å²) in [7, 11) is 1.60. The summed E-state index contributed by atoms with van der Waals surface area (Å²) in [5, 5.41) is 8.12. The summed E-state index contributed by atoms with van der Waals surface area (Å²) < 4.78 is 13.0. The van der Waals surface area contributed by atoms with Gasteiger partial charge in [0, 0.05) is 18.7 Å². The van der Waals surface area contributed by atoms with Crippen LogP contribution in [-0.4, -0.2) is 52.1 Å². The summed E-state index contributed by atoms with van der Waals surface area (Å²) in [6.07, 6.45) is 2.62. The zero-order valence-corrected chi connectivity index (χ0v) is 12.9. The maximum absolute atomic E-state index is 12.8. The van der Waals surface area contributed by atoms with Crippen LogP contribution >= 0.6 is 0 Å². The van der Waals surface area contributed by atoms with Gasteiger partial charge in [0.25, 0.3) is 5.91 Å². The highest BCUT2D eigenvalue weighted by atomic mass is 16.5. The summed E-state index contributed by atoms with van der Waals surface area (Å²) >= 11 is 0. The third-order valence-corrected chi connectivity index (χ3v) is 4.53. The number of carbonyl (C=O) groups is 1. The van der Waals surface area contributed by atoms with Crippen molar-refractivity contribution in [3.63, 3.8) is 0 Å². The van der Waals surface area contributed by atoms with Gasteiger partial charge in [0.05, 0.1) is 37.8 Å². The fourth-order valence-electron chi connectivity index (χ4n) is 3.30. The van der Waals surface area contributed by atoms with Gasteiger partial charge in [0.1, 0.15) is 5.75 Å². The first-order valence-electron chi connectivity index (χ1n) is 7.70. The first-order valence-corrected chi connectivity index (χ1v) is 7.70. The van der Waals surface area contributed by atoms with Crippen LogP contribution in [0.15, 0.2) is 30.5 Å². The Morgan fingerprint density at radius 1 is 1.43 bits per heavy atom. The lowest BCUT2D eigenvalue weighted by Gasteiger charge is -2.41. The Kier molecular flexibility index (Phi) is 3.49. The molecule has 1 fully saturated rings. The molecule has 1 aromatic heterocycles. The monoisotopic (exact) mass is 314 g/mol. The van der Waals surface area contributed by atoms with Crippen molar-refractivity contribution in [3.05, 3.63) is 41.7 Å². The number of rotatable bonds is 2. The Hall–Kier alpha value is -2.41. The Morgan fingerprint density at radius 3 is 3.22 bits per heavy atom. The molecule has 3 heterocycles. The minimum absolute atomic E-state index is 0.00888. The van der Waals surface area contributed by atoms with E-state index in [0.717, 1.165) is 12.1 Å². The van der Waals surface area contributed by atoms with Crippen LogP contribution in [0.4, 0.5) is 0 Å². The van der Waals surface area contributed by atoms with Crippen molar-refractivity contribution in [3.8, 4) is 5.75 Å². The number of hydrogen-bond acceptors (Lipinski definition) is 5. The van der Waals surface area contributed by atoms with E-state index in [-0.39, 0.29) is 18.1 Å². The molecule has 0 bridgehead atoms. The second-order valence-corrected chi connectivity index (χ2v) is 5.86. The quantitative estimate of drug-likeness (QED) is 0.835. The van der Waals surface area contributed by atoms with Crippen LogP contribution in [0.1, 0.15) is 28.5 Å². The van der Waals surface area contributed by atoms with E-state index in [0.29, 0.717) is 31.0 Å². The molecule has 1 amide bonds. The van der Waals surface area contributed by atoms with Gasteiger partial charge < -0.3 is 14.4 Å². The molecule has 0 spiro atoms. The van der Waals surface area contributed by atoms with E-state index >= 15 is 0 Å². The number of aromatic nitrogens is 3. The molecule has 0 saturated carbocycles. The standard InChI is InChI=1S/C16H18N4O3/c1-22-13-4-2-3-11(7-13)16(21)19-6-5-15-14(9-19)20-12(10-23-15)8-17-18-20/h2-4,7-8,14-15H,5-6,9-10H2,1H3/t14-,15+/m1/s1. The molecule has 120 valence electrons. The van der Waals surface area contributed by atoms with Gasteiger partial charge in [0.2, 0.25) is 0 Å². The molecule has 1 aromatic carbocycles. The zero-order valence-electron chi connectivity index (χ0n) is 12.9.